The van der Waals surface area contributed by atoms with E-state index in [0.717, 1.165) is 50.4 Å². The monoisotopic (exact) mass is 255 g/mol. The molecule has 0 aromatic carbocycles. The Morgan fingerprint density at radius 2 is 2.18 bits per heavy atom. The largest absolute Gasteiger partial charge is 0.387 e. The van der Waals surface area contributed by atoms with Gasteiger partial charge in [-0.15, -0.1) is 0 Å². The zero-order valence-electron chi connectivity index (χ0n) is 10.1. The van der Waals surface area contributed by atoms with E-state index in [-0.39, 0.29) is 0 Å². The van der Waals surface area contributed by atoms with Crippen LogP contribution in [0.5, 0.6) is 0 Å². The Kier molecular flexibility index (Phi) is 2.89. The summed E-state index contributed by atoms with van der Waals surface area (Å²) in [5.41, 5.74) is 0.836. The second-order valence-corrected chi connectivity index (χ2v) is 5.56. The van der Waals surface area contributed by atoms with Gasteiger partial charge in [-0.3, -0.25) is 0 Å². The highest BCUT2D eigenvalue weighted by Crippen LogP contribution is 2.36. The lowest BCUT2D eigenvalue weighted by Crippen LogP contribution is -2.20. The lowest BCUT2D eigenvalue weighted by molar-refractivity contribution is 0.138. The number of aromatic nitrogens is 2. The van der Waals surface area contributed by atoms with Crippen LogP contribution in [0.3, 0.4) is 0 Å². The van der Waals surface area contributed by atoms with E-state index in [1.807, 2.05) is 0 Å². The molecule has 3 rings (SSSR count). The van der Waals surface area contributed by atoms with Crippen LogP contribution in [-0.4, -0.2) is 39.7 Å². The van der Waals surface area contributed by atoms with Crippen molar-refractivity contribution in [3.05, 3.63) is 16.7 Å². The number of imidazole rings is 1. The van der Waals surface area contributed by atoms with E-state index in [4.69, 9.17) is 11.6 Å². The number of likely N-dealkylation sites (N-methyl/N-ethyl adjacent to an activating group) is 1. The lowest BCUT2D eigenvalue weighted by Gasteiger charge is -2.23. The van der Waals surface area contributed by atoms with Crippen molar-refractivity contribution in [2.75, 3.05) is 20.1 Å². The Morgan fingerprint density at radius 1 is 1.35 bits per heavy atom. The van der Waals surface area contributed by atoms with Gasteiger partial charge in [0.1, 0.15) is 5.82 Å². The molecule has 1 N–H and O–H groups in total. The van der Waals surface area contributed by atoms with E-state index in [2.05, 4.69) is 21.5 Å². The third kappa shape index (κ3) is 1.88. The average Bonchev–Trinajstić information content (AvgIpc) is 2.84. The van der Waals surface area contributed by atoms with Crippen LogP contribution < -0.4 is 0 Å². The van der Waals surface area contributed by atoms with Gasteiger partial charge in [-0.25, -0.2) is 4.98 Å². The van der Waals surface area contributed by atoms with Crippen molar-refractivity contribution in [3.63, 3.8) is 0 Å². The minimum absolute atomic E-state index is 0.434. The Morgan fingerprint density at radius 3 is 2.88 bits per heavy atom. The molecule has 2 aliphatic heterocycles. The van der Waals surface area contributed by atoms with Crippen LogP contribution in [0.15, 0.2) is 0 Å². The van der Waals surface area contributed by atoms with E-state index in [0.29, 0.717) is 11.1 Å². The molecule has 0 bridgehead atoms. The molecule has 4 nitrogen and oxygen atoms in total. The van der Waals surface area contributed by atoms with Crippen molar-refractivity contribution in [2.24, 2.45) is 0 Å². The van der Waals surface area contributed by atoms with Gasteiger partial charge in [-0.05, 0) is 32.9 Å². The number of aliphatic hydroxyl groups is 1. The summed E-state index contributed by atoms with van der Waals surface area (Å²) in [6.45, 7) is 3.11. The van der Waals surface area contributed by atoms with E-state index >= 15 is 0 Å². The van der Waals surface area contributed by atoms with E-state index < -0.39 is 6.10 Å². The van der Waals surface area contributed by atoms with Gasteiger partial charge >= 0.3 is 0 Å². The first kappa shape index (κ1) is 11.5. The lowest BCUT2D eigenvalue weighted by atomic mass is 10.1. The van der Waals surface area contributed by atoms with E-state index in [1.54, 1.807) is 0 Å². The smallest absolute Gasteiger partial charge is 0.153 e. The molecule has 1 aromatic heterocycles. The fourth-order valence-corrected chi connectivity index (χ4v) is 3.36. The number of likely N-dealkylation sites (tertiary alicyclic amines) is 1. The zero-order chi connectivity index (χ0) is 12.0. The van der Waals surface area contributed by atoms with Gasteiger partial charge in [-0.2, -0.15) is 0 Å². The molecule has 5 heteroatoms. The number of hydrogen-bond donors (Lipinski definition) is 1. The molecule has 2 aliphatic rings. The molecule has 0 aliphatic carbocycles. The normalized spacial score (nSPS) is 29.6. The van der Waals surface area contributed by atoms with Crippen LogP contribution in [-0.2, 0) is 6.54 Å². The van der Waals surface area contributed by atoms with Crippen molar-refractivity contribution >= 4 is 11.6 Å². The molecule has 3 heterocycles. The third-order valence-electron chi connectivity index (χ3n) is 3.92. The van der Waals surface area contributed by atoms with Crippen LogP contribution in [0.2, 0.25) is 5.15 Å². The summed E-state index contributed by atoms with van der Waals surface area (Å²) in [5, 5.41) is 10.5. The van der Waals surface area contributed by atoms with Crippen LogP contribution >= 0.6 is 11.6 Å². The molecule has 94 valence electrons. The number of hydrogen-bond acceptors (Lipinski definition) is 3. The third-order valence-corrected chi connectivity index (χ3v) is 4.20. The summed E-state index contributed by atoms with van der Waals surface area (Å²) in [6.07, 6.45) is 2.52. The standard InChI is InChI=1S/C12H18ClN3O/c1-15-6-4-8(7-15)12-14-11(13)10-9(17)3-2-5-16(10)12/h8-9,17H,2-7H2,1H3. The Balaban J connectivity index is 1.98. The molecule has 1 aromatic rings. The molecule has 17 heavy (non-hydrogen) atoms. The number of aliphatic hydroxyl groups excluding tert-OH is 1. The molecule has 0 amide bonds. The fraction of sp³-hybridized carbons (Fsp3) is 0.750. The molecule has 2 unspecified atom stereocenters. The maximum atomic E-state index is 9.99. The minimum atomic E-state index is -0.434. The van der Waals surface area contributed by atoms with Crippen LogP contribution in [0.4, 0.5) is 0 Å². The van der Waals surface area contributed by atoms with Crippen molar-refractivity contribution in [1.82, 2.24) is 14.5 Å². The average molecular weight is 256 g/mol. The molecular formula is C12H18ClN3O. The van der Waals surface area contributed by atoms with E-state index in [9.17, 15) is 5.11 Å². The quantitative estimate of drug-likeness (QED) is 0.832. The zero-order valence-corrected chi connectivity index (χ0v) is 10.8. The molecule has 0 radical (unpaired) electrons. The van der Waals surface area contributed by atoms with Gasteiger partial charge in [0.2, 0.25) is 0 Å². The molecule has 1 fully saturated rings. The highest BCUT2D eigenvalue weighted by molar-refractivity contribution is 6.30. The summed E-state index contributed by atoms with van der Waals surface area (Å²) in [5.74, 6) is 1.55. The summed E-state index contributed by atoms with van der Waals surface area (Å²) < 4.78 is 2.15. The Bertz CT molecular complexity index is 432. The van der Waals surface area contributed by atoms with Crippen molar-refractivity contribution < 1.29 is 5.11 Å². The maximum absolute atomic E-state index is 9.99. The van der Waals surface area contributed by atoms with Crippen molar-refractivity contribution in [1.29, 1.82) is 0 Å². The van der Waals surface area contributed by atoms with Gasteiger partial charge in [0.05, 0.1) is 11.8 Å². The summed E-state index contributed by atoms with van der Waals surface area (Å²) in [7, 11) is 2.14. The van der Waals surface area contributed by atoms with Gasteiger partial charge in [0.15, 0.2) is 5.15 Å². The minimum Gasteiger partial charge on any atom is -0.387 e. The summed E-state index contributed by atoms with van der Waals surface area (Å²) in [4.78, 5) is 6.82. The Hall–Kier alpha value is -0.580. The fourth-order valence-electron chi connectivity index (χ4n) is 3.04. The van der Waals surface area contributed by atoms with Crippen molar-refractivity contribution in [3.8, 4) is 0 Å². The van der Waals surface area contributed by atoms with Crippen LogP contribution in [0.1, 0.15) is 42.8 Å². The maximum Gasteiger partial charge on any atom is 0.153 e. The first-order chi connectivity index (χ1) is 8.16. The molecule has 0 spiro atoms. The molecule has 1 saturated heterocycles. The van der Waals surface area contributed by atoms with Gasteiger partial charge in [0.25, 0.3) is 0 Å². The molecule has 2 atom stereocenters. The molecular weight excluding hydrogens is 238 g/mol. The van der Waals surface area contributed by atoms with Crippen LogP contribution in [0, 0.1) is 0 Å². The van der Waals surface area contributed by atoms with Gasteiger partial charge in [0, 0.05) is 19.0 Å². The van der Waals surface area contributed by atoms with Gasteiger partial charge < -0.3 is 14.6 Å². The number of rotatable bonds is 1. The predicted molar refractivity (Wildman–Crippen MR) is 66.3 cm³/mol. The first-order valence-electron chi connectivity index (χ1n) is 6.29. The highest BCUT2D eigenvalue weighted by atomic mass is 35.5. The summed E-state index contributed by atoms with van der Waals surface area (Å²) in [6, 6.07) is 0. The molecule has 0 saturated carbocycles. The second-order valence-electron chi connectivity index (χ2n) is 5.20. The first-order valence-corrected chi connectivity index (χ1v) is 6.67. The topological polar surface area (TPSA) is 41.3 Å². The van der Waals surface area contributed by atoms with Crippen LogP contribution in [0.25, 0.3) is 0 Å². The van der Waals surface area contributed by atoms with E-state index in [1.165, 1.54) is 0 Å². The highest BCUT2D eigenvalue weighted by Gasteiger charge is 2.31. The SMILES string of the molecule is CN1CCC(c2nc(Cl)c3n2CCCC3O)C1. The summed E-state index contributed by atoms with van der Waals surface area (Å²) >= 11 is 6.17. The Labute approximate surface area is 106 Å². The second kappa shape index (κ2) is 4.26. The number of halogens is 1. The number of nitrogens with zero attached hydrogens (tertiary/aromatic N) is 3. The van der Waals surface area contributed by atoms with Crippen molar-refractivity contribution in [2.45, 2.75) is 37.8 Å². The van der Waals surface area contributed by atoms with Gasteiger partial charge in [-0.1, -0.05) is 11.6 Å². The number of fused-ring (bicyclic) bond motifs is 1. The predicted octanol–water partition coefficient (Wildman–Crippen LogP) is 1.78.